The summed E-state index contributed by atoms with van der Waals surface area (Å²) in [5, 5.41) is 11.6. The molecule has 0 fully saturated rings. The first-order chi connectivity index (χ1) is 14.9. The van der Waals surface area contributed by atoms with Crippen molar-refractivity contribution < 1.29 is 0 Å². The largest absolute Gasteiger partial charge is 0.324 e. The Morgan fingerprint density at radius 3 is 2.77 bits per heavy atom. The van der Waals surface area contributed by atoms with E-state index in [0.29, 0.717) is 16.9 Å². The zero-order chi connectivity index (χ0) is 21.7. The molecule has 0 radical (unpaired) electrons. The molecule has 1 aliphatic rings. The monoisotopic (exact) mass is 415 g/mol. The fourth-order valence-corrected chi connectivity index (χ4v) is 4.31. The Morgan fingerprint density at radius 1 is 1.16 bits per heavy atom. The number of benzene rings is 1. The quantitative estimate of drug-likeness (QED) is 0.535. The van der Waals surface area contributed by atoms with E-state index in [4.69, 9.17) is 0 Å². The summed E-state index contributed by atoms with van der Waals surface area (Å²) in [5.41, 5.74) is 7.55. The molecule has 0 amide bonds. The van der Waals surface area contributed by atoms with Gasteiger partial charge in [-0.1, -0.05) is 6.07 Å². The van der Waals surface area contributed by atoms with E-state index in [1.807, 2.05) is 34.0 Å². The molecule has 4 heterocycles. The number of hydrogen-bond acceptors (Lipinski definition) is 6. The summed E-state index contributed by atoms with van der Waals surface area (Å²) in [7, 11) is 1.88. The molecular weight excluding hydrogens is 390 g/mol. The highest BCUT2D eigenvalue weighted by atomic mass is 16.1. The summed E-state index contributed by atoms with van der Waals surface area (Å²) in [4.78, 5) is 22.3. The number of nitrogens with zero attached hydrogens (tertiary/aromatic N) is 5. The second kappa shape index (κ2) is 7.31. The molecule has 31 heavy (non-hydrogen) atoms. The summed E-state index contributed by atoms with van der Waals surface area (Å²) in [6, 6.07) is 6.34. The highest BCUT2D eigenvalue weighted by Gasteiger charge is 2.17. The number of aryl methyl sites for hydroxylation is 3. The van der Waals surface area contributed by atoms with E-state index < -0.39 is 0 Å². The highest BCUT2D eigenvalue weighted by Crippen LogP contribution is 2.23. The minimum absolute atomic E-state index is 0.147. The number of hydrogen-bond donors (Lipinski definition) is 2. The first-order valence-electron chi connectivity index (χ1n) is 10.4. The maximum Gasteiger partial charge on any atom is 0.266 e. The molecule has 2 N–H and O–H groups in total. The predicted octanol–water partition coefficient (Wildman–Crippen LogP) is 2.83. The third-order valence-electron chi connectivity index (χ3n) is 5.99. The molecule has 0 aliphatic carbocycles. The Hall–Kier alpha value is -3.52. The lowest BCUT2D eigenvalue weighted by atomic mass is 10.0. The summed E-state index contributed by atoms with van der Waals surface area (Å²) >= 11 is 0. The first kappa shape index (κ1) is 19.4. The SMILES string of the molecule is Cc1nn(C)c(C)c1-n1cc(C)c2nc(Nc3ccc4c(c3)CNCC4)ncc2c1=O. The van der Waals surface area contributed by atoms with E-state index >= 15 is 0 Å². The van der Waals surface area contributed by atoms with Crippen molar-refractivity contribution in [3.8, 4) is 5.69 Å². The smallest absolute Gasteiger partial charge is 0.266 e. The lowest BCUT2D eigenvalue weighted by Gasteiger charge is -2.18. The summed E-state index contributed by atoms with van der Waals surface area (Å²) in [5.74, 6) is 0.477. The van der Waals surface area contributed by atoms with Crippen LogP contribution in [0.5, 0.6) is 0 Å². The molecule has 0 bridgehead atoms. The molecule has 0 saturated carbocycles. The van der Waals surface area contributed by atoms with Crippen LogP contribution in [0.15, 0.2) is 35.4 Å². The van der Waals surface area contributed by atoms with Crippen molar-refractivity contribution in [2.45, 2.75) is 33.7 Å². The molecule has 0 unspecified atom stereocenters. The van der Waals surface area contributed by atoms with Crippen molar-refractivity contribution >= 4 is 22.5 Å². The molecule has 5 rings (SSSR count). The van der Waals surface area contributed by atoms with Gasteiger partial charge in [-0.3, -0.25) is 14.0 Å². The molecule has 0 atom stereocenters. The van der Waals surface area contributed by atoms with Crippen LogP contribution in [0.4, 0.5) is 11.6 Å². The van der Waals surface area contributed by atoms with Crippen LogP contribution in [-0.4, -0.2) is 30.9 Å². The molecule has 1 aromatic carbocycles. The zero-order valence-electron chi connectivity index (χ0n) is 18.2. The molecule has 4 aromatic rings. The van der Waals surface area contributed by atoms with Crippen LogP contribution in [0, 0.1) is 20.8 Å². The van der Waals surface area contributed by atoms with Gasteiger partial charge in [0.15, 0.2) is 0 Å². The summed E-state index contributed by atoms with van der Waals surface area (Å²) in [6.45, 7) is 7.71. The number of rotatable bonds is 3. The number of nitrogens with one attached hydrogen (secondary N) is 2. The van der Waals surface area contributed by atoms with Crippen LogP contribution < -0.4 is 16.2 Å². The average Bonchev–Trinajstić information content (AvgIpc) is 3.02. The lowest BCUT2D eigenvalue weighted by Crippen LogP contribution is -2.23. The average molecular weight is 416 g/mol. The molecular formula is C23H25N7O. The maximum absolute atomic E-state index is 13.2. The Balaban J connectivity index is 1.55. The Morgan fingerprint density at radius 2 is 2.00 bits per heavy atom. The van der Waals surface area contributed by atoms with Crippen molar-refractivity contribution in [3.05, 3.63) is 69.0 Å². The van der Waals surface area contributed by atoms with Crippen LogP contribution in [-0.2, 0) is 20.0 Å². The van der Waals surface area contributed by atoms with Crippen molar-refractivity contribution in [1.82, 2.24) is 29.6 Å². The minimum Gasteiger partial charge on any atom is -0.324 e. The van der Waals surface area contributed by atoms with E-state index in [0.717, 1.165) is 47.8 Å². The van der Waals surface area contributed by atoms with Crippen molar-refractivity contribution in [2.24, 2.45) is 7.05 Å². The van der Waals surface area contributed by atoms with E-state index in [1.165, 1.54) is 11.1 Å². The fraction of sp³-hybridized carbons (Fsp3) is 0.304. The van der Waals surface area contributed by atoms with E-state index in [2.05, 4.69) is 43.9 Å². The van der Waals surface area contributed by atoms with E-state index in [-0.39, 0.29) is 5.56 Å². The van der Waals surface area contributed by atoms with Gasteiger partial charge in [-0.2, -0.15) is 5.10 Å². The van der Waals surface area contributed by atoms with Gasteiger partial charge in [0.05, 0.1) is 28.0 Å². The Labute approximate surface area is 180 Å². The van der Waals surface area contributed by atoms with Gasteiger partial charge in [-0.15, -0.1) is 0 Å². The third-order valence-corrected chi connectivity index (χ3v) is 5.99. The first-order valence-corrected chi connectivity index (χ1v) is 10.4. The highest BCUT2D eigenvalue weighted by molar-refractivity contribution is 5.81. The van der Waals surface area contributed by atoms with Gasteiger partial charge >= 0.3 is 0 Å². The minimum atomic E-state index is -0.147. The van der Waals surface area contributed by atoms with Crippen LogP contribution >= 0.6 is 0 Å². The van der Waals surface area contributed by atoms with Crippen molar-refractivity contribution in [3.63, 3.8) is 0 Å². The van der Waals surface area contributed by atoms with Gasteiger partial charge in [0.2, 0.25) is 5.95 Å². The molecule has 3 aromatic heterocycles. The Kier molecular flexibility index (Phi) is 4.59. The van der Waals surface area contributed by atoms with Gasteiger partial charge in [0, 0.05) is 31.7 Å². The van der Waals surface area contributed by atoms with Crippen molar-refractivity contribution in [1.29, 1.82) is 0 Å². The summed E-state index contributed by atoms with van der Waals surface area (Å²) in [6.07, 6.45) is 4.49. The van der Waals surface area contributed by atoms with Gasteiger partial charge in [0.1, 0.15) is 0 Å². The van der Waals surface area contributed by atoms with Gasteiger partial charge in [0.25, 0.3) is 5.56 Å². The van der Waals surface area contributed by atoms with Gasteiger partial charge < -0.3 is 10.6 Å². The van der Waals surface area contributed by atoms with Crippen LogP contribution in [0.2, 0.25) is 0 Å². The van der Waals surface area contributed by atoms with Gasteiger partial charge in [-0.05, 0) is 62.6 Å². The molecule has 0 spiro atoms. The normalized spacial score (nSPS) is 13.4. The van der Waals surface area contributed by atoms with E-state index in [1.54, 1.807) is 15.4 Å². The maximum atomic E-state index is 13.2. The van der Waals surface area contributed by atoms with E-state index in [9.17, 15) is 4.79 Å². The topological polar surface area (TPSA) is 89.7 Å². The second-order valence-electron chi connectivity index (χ2n) is 8.12. The molecule has 0 saturated heterocycles. The number of anilines is 2. The lowest BCUT2D eigenvalue weighted by molar-refractivity contribution is 0.644. The number of aromatic nitrogens is 5. The van der Waals surface area contributed by atoms with Crippen LogP contribution in [0.1, 0.15) is 28.1 Å². The zero-order valence-corrected chi connectivity index (χ0v) is 18.2. The van der Waals surface area contributed by atoms with Gasteiger partial charge in [-0.25, -0.2) is 9.97 Å². The van der Waals surface area contributed by atoms with Crippen molar-refractivity contribution in [2.75, 3.05) is 11.9 Å². The molecule has 1 aliphatic heterocycles. The second-order valence-corrected chi connectivity index (χ2v) is 8.12. The fourth-order valence-electron chi connectivity index (χ4n) is 4.31. The summed E-state index contributed by atoms with van der Waals surface area (Å²) < 4.78 is 3.44. The molecule has 8 nitrogen and oxygen atoms in total. The molecule has 158 valence electrons. The Bertz CT molecular complexity index is 1380. The predicted molar refractivity (Wildman–Crippen MR) is 121 cm³/mol. The standard InChI is InChI=1S/C23H25N7O/c1-13-12-30(21-14(2)28-29(4)15(21)3)22(31)19-11-25-23(27-20(13)19)26-18-6-5-16-7-8-24-10-17(16)9-18/h5-6,9,11-12,24H,7-8,10H2,1-4H3,(H,25,26,27). The third kappa shape index (κ3) is 3.29. The molecule has 8 heteroatoms. The van der Waals surface area contributed by atoms with Crippen LogP contribution in [0.3, 0.4) is 0 Å². The number of fused-ring (bicyclic) bond motifs is 2. The number of pyridine rings is 1. The van der Waals surface area contributed by atoms with Crippen LogP contribution in [0.25, 0.3) is 16.6 Å².